The predicted molar refractivity (Wildman–Crippen MR) is 49.5 cm³/mol. The zero-order chi connectivity index (χ0) is 8.39. The van der Waals surface area contributed by atoms with Crippen LogP contribution in [0.25, 0.3) is 0 Å². The van der Waals surface area contributed by atoms with Gasteiger partial charge in [0.15, 0.2) is 0 Å². The van der Waals surface area contributed by atoms with Crippen molar-refractivity contribution < 1.29 is 0 Å². The molecule has 1 aromatic rings. The van der Waals surface area contributed by atoms with Crippen molar-refractivity contribution in [1.29, 1.82) is 0 Å². The zero-order valence-corrected chi connectivity index (χ0v) is 7.07. The van der Waals surface area contributed by atoms with Gasteiger partial charge in [0.05, 0.1) is 0 Å². The summed E-state index contributed by atoms with van der Waals surface area (Å²) in [5, 5.41) is 3.29. The van der Waals surface area contributed by atoms with Gasteiger partial charge >= 0.3 is 0 Å². The number of dihydropyridines is 1. The molecule has 1 aliphatic heterocycles. The molecule has 2 heterocycles. The third kappa shape index (κ3) is 1.28. The molecule has 1 unspecified atom stereocenters. The fraction of sp³-hybridized carbons (Fsp3) is 0.200. The van der Waals surface area contributed by atoms with Crippen molar-refractivity contribution in [3.05, 3.63) is 48.5 Å². The Bertz CT molecular complexity index is 307. The maximum absolute atomic E-state index is 3.29. The maximum atomic E-state index is 3.29. The first kappa shape index (κ1) is 7.22. The Kier molecular flexibility index (Phi) is 1.74. The molecule has 2 nitrogen and oxygen atoms in total. The summed E-state index contributed by atoms with van der Waals surface area (Å²) in [6.07, 6.45) is 10.7. The highest BCUT2D eigenvalue weighted by atomic mass is 15.1. The zero-order valence-electron chi connectivity index (χ0n) is 7.07. The van der Waals surface area contributed by atoms with Gasteiger partial charge in [0.1, 0.15) is 6.17 Å². The van der Waals surface area contributed by atoms with Crippen LogP contribution in [0.4, 0.5) is 0 Å². The second-order valence-electron chi connectivity index (χ2n) is 2.99. The van der Waals surface area contributed by atoms with E-state index in [2.05, 4.69) is 41.4 Å². The van der Waals surface area contributed by atoms with Gasteiger partial charge in [-0.3, -0.25) is 0 Å². The van der Waals surface area contributed by atoms with Gasteiger partial charge in [-0.05, 0) is 30.7 Å². The van der Waals surface area contributed by atoms with Crippen molar-refractivity contribution in [1.82, 2.24) is 9.88 Å². The molecule has 1 N–H and O–H groups in total. The van der Waals surface area contributed by atoms with Crippen molar-refractivity contribution >= 4 is 0 Å². The Morgan fingerprint density at radius 1 is 1.33 bits per heavy atom. The van der Waals surface area contributed by atoms with Crippen molar-refractivity contribution in [2.75, 3.05) is 0 Å². The minimum absolute atomic E-state index is 0.281. The van der Waals surface area contributed by atoms with Gasteiger partial charge in [-0.25, -0.2) is 0 Å². The molecular formula is C10H12N2. The van der Waals surface area contributed by atoms with E-state index < -0.39 is 0 Å². The number of nitrogens with one attached hydrogen (secondary N) is 1. The van der Waals surface area contributed by atoms with E-state index in [0.717, 1.165) is 0 Å². The molecule has 0 radical (unpaired) electrons. The molecule has 0 saturated carbocycles. The van der Waals surface area contributed by atoms with E-state index in [0.29, 0.717) is 0 Å². The summed E-state index contributed by atoms with van der Waals surface area (Å²) < 4.78 is 2.12. The van der Waals surface area contributed by atoms with Crippen molar-refractivity contribution in [3.63, 3.8) is 0 Å². The van der Waals surface area contributed by atoms with Crippen molar-refractivity contribution in [3.8, 4) is 0 Å². The van der Waals surface area contributed by atoms with Gasteiger partial charge in [0, 0.05) is 18.6 Å². The van der Waals surface area contributed by atoms with Crippen LogP contribution in [0.5, 0.6) is 0 Å². The van der Waals surface area contributed by atoms with E-state index in [9.17, 15) is 0 Å². The average Bonchev–Trinajstić information content (AvgIpc) is 2.58. The van der Waals surface area contributed by atoms with Gasteiger partial charge in [-0.2, -0.15) is 0 Å². The summed E-state index contributed by atoms with van der Waals surface area (Å²) in [6.45, 7) is 2.08. The Morgan fingerprint density at radius 3 is 2.67 bits per heavy atom. The van der Waals surface area contributed by atoms with Crippen LogP contribution in [0.1, 0.15) is 13.1 Å². The summed E-state index contributed by atoms with van der Waals surface area (Å²) in [4.78, 5) is 0. The SMILES string of the molecule is CC1=CNC(n2cccc2)C=C1. The maximum Gasteiger partial charge on any atom is 0.122 e. The summed E-state index contributed by atoms with van der Waals surface area (Å²) in [7, 11) is 0. The average molecular weight is 160 g/mol. The van der Waals surface area contributed by atoms with Crippen LogP contribution in [-0.4, -0.2) is 4.57 Å². The van der Waals surface area contributed by atoms with Gasteiger partial charge in [-0.15, -0.1) is 0 Å². The molecule has 0 aliphatic carbocycles. The summed E-state index contributed by atoms with van der Waals surface area (Å²) in [6, 6.07) is 4.06. The molecule has 1 atom stereocenters. The van der Waals surface area contributed by atoms with Crippen LogP contribution < -0.4 is 5.32 Å². The fourth-order valence-corrected chi connectivity index (χ4v) is 1.28. The molecule has 0 saturated heterocycles. The molecule has 2 rings (SSSR count). The highest BCUT2D eigenvalue weighted by Gasteiger charge is 2.05. The molecule has 0 aromatic carbocycles. The summed E-state index contributed by atoms with van der Waals surface area (Å²) in [5.41, 5.74) is 1.26. The molecule has 12 heavy (non-hydrogen) atoms. The molecule has 1 aliphatic rings. The van der Waals surface area contributed by atoms with Crippen LogP contribution in [-0.2, 0) is 0 Å². The molecule has 0 fully saturated rings. The minimum Gasteiger partial charge on any atom is -0.368 e. The smallest absolute Gasteiger partial charge is 0.122 e. The monoisotopic (exact) mass is 160 g/mol. The van der Waals surface area contributed by atoms with Gasteiger partial charge in [0.2, 0.25) is 0 Å². The largest absolute Gasteiger partial charge is 0.368 e. The standard InChI is InChI=1S/C10H12N2/c1-9-4-5-10(11-8-9)12-6-2-3-7-12/h2-8,10-11H,1H3. The molecule has 1 aromatic heterocycles. The van der Waals surface area contributed by atoms with Gasteiger partial charge in [0.25, 0.3) is 0 Å². The molecule has 0 bridgehead atoms. The third-order valence-electron chi connectivity index (χ3n) is 1.97. The van der Waals surface area contributed by atoms with E-state index in [-0.39, 0.29) is 6.17 Å². The Morgan fingerprint density at radius 2 is 2.08 bits per heavy atom. The molecular weight excluding hydrogens is 148 g/mol. The normalized spacial score (nSPS) is 21.8. The second kappa shape index (κ2) is 2.89. The topological polar surface area (TPSA) is 17.0 Å². The second-order valence-corrected chi connectivity index (χ2v) is 2.99. The molecule has 0 spiro atoms. The van der Waals surface area contributed by atoms with Gasteiger partial charge in [-0.1, -0.05) is 6.08 Å². The first-order valence-electron chi connectivity index (χ1n) is 4.10. The van der Waals surface area contributed by atoms with Crippen molar-refractivity contribution in [2.45, 2.75) is 13.1 Å². The lowest BCUT2D eigenvalue weighted by Crippen LogP contribution is -2.21. The lowest BCUT2D eigenvalue weighted by molar-refractivity contribution is 0.545. The number of rotatable bonds is 1. The first-order chi connectivity index (χ1) is 5.86. The summed E-state index contributed by atoms with van der Waals surface area (Å²) in [5.74, 6) is 0. The lowest BCUT2D eigenvalue weighted by Gasteiger charge is -2.18. The number of allylic oxidation sites excluding steroid dienone is 2. The summed E-state index contributed by atoms with van der Waals surface area (Å²) >= 11 is 0. The van der Waals surface area contributed by atoms with E-state index in [1.165, 1.54) is 5.57 Å². The number of nitrogens with zero attached hydrogens (tertiary/aromatic N) is 1. The van der Waals surface area contributed by atoms with E-state index in [4.69, 9.17) is 0 Å². The Labute approximate surface area is 72.2 Å². The van der Waals surface area contributed by atoms with E-state index in [1.807, 2.05) is 18.3 Å². The minimum atomic E-state index is 0.281. The number of hydrogen-bond donors (Lipinski definition) is 1. The van der Waals surface area contributed by atoms with Crippen LogP contribution in [0.2, 0.25) is 0 Å². The van der Waals surface area contributed by atoms with Crippen LogP contribution in [0.3, 0.4) is 0 Å². The Hall–Kier alpha value is -1.44. The molecule has 2 heteroatoms. The third-order valence-corrected chi connectivity index (χ3v) is 1.97. The lowest BCUT2D eigenvalue weighted by atomic mass is 10.2. The molecule has 0 amide bonds. The molecule has 62 valence electrons. The van der Waals surface area contributed by atoms with E-state index >= 15 is 0 Å². The predicted octanol–water partition coefficient (Wildman–Crippen LogP) is 2.05. The quantitative estimate of drug-likeness (QED) is 0.665. The Balaban J connectivity index is 2.15. The van der Waals surface area contributed by atoms with Gasteiger partial charge < -0.3 is 9.88 Å². The van der Waals surface area contributed by atoms with Crippen LogP contribution in [0, 0.1) is 0 Å². The highest BCUT2D eigenvalue weighted by Crippen LogP contribution is 2.11. The van der Waals surface area contributed by atoms with Crippen LogP contribution >= 0.6 is 0 Å². The van der Waals surface area contributed by atoms with Crippen LogP contribution in [0.15, 0.2) is 48.5 Å². The first-order valence-corrected chi connectivity index (χ1v) is 4.10. The fourth-order valence-electron chi connectivity index (χ4n) is 1.28. The highest BCUT2D eigenvalue weighted by molar-refractivity contribution is 5.21. The van der Waals surface area contributed by atoms with Crippen molar-refractivity contribution in [2.24, 2.45) is 0 Å². The van der Waals surface area contributed by atoms with E-state index in [1.54, 1.807) is 0 Å². The number of aromatic nitrogens is 1. The number of hydrogen-bond acceptors (Lipinski definition) is 1.